The zero-order chi connectivity index (χ0) is 9.97. The number of benzene rings is 1. The van der Waals surface area contributed by atoms with Gasteiger partial charge in [0.2, 0.25) is 0 Å². The molecule has 1 aromatic carbocycles. The van der Waals surface area contributed by atoms with Gasteiger partial charge in [-0.25, -0.2) is 4.39 Å². The molecule has 0 aliphatic heterocycles. The van der Waals surface area contributed by atoms with Crippen LogP contribution in [0.1, 0.15) is 43.6 Å². The Hall–Kier alpha value is -0.560. The van der Waals surface area contributed by atoms with Gasteiger partial charge in [-0.15, -0.1) is 0 Å². The molecular weight excluding hydrogens is 199 g/mol. The monoisotopic (exact) mass is 212 g/mol. The molecule has 1 aromatic rings. The Morgan fingerprint density at radius 1 is 1.14 bits per heavy atom. The fraction of sp³-hybridized carbons (Fsp3) is 0.500. The van der Waals surface area contributed by atoms with Crippen molar-refractivity contribution >= 4 is 11.6 Å². The van der Waals surface area contributed by atoms with Gasteiger partial charge in [0.1, 0.15) is 5.82 Å². The van der Waals surface area contributed by atoms with E-state index in [0.29, 0.717) is 10.9 Å². The lowest BCUT2D eigenvalue weighted by atomic mass is 9.84. The van der Waals surface area contributed by atoms with Crippen LogP contribution in [0.5, 0.6) is 0 Å². The average Bonchev–Trinajstić information content (AvgIpc) is 2.23. The van der Waals surface area contributed by atoms with E-state index < -0.39 is 0 Å². The van der Waals surface area contributed by atoms with Crippen molar-refractivity contribution in [3.63, 3.8) is 0 Å². The van der Waals surface area contributed by atoms with E-state index in [1.54, 1.807) is 12.1 Å². The van der Waals surface area contributed by atoms with Gasteiger partial charge < -0.3 is 0 Å². The van der Waals surface area contributed by atoms with Crippen molar-refractivity contribution in [1.82, 2.24) is 0 Å². The summed E-state index contributed by atoms with van der Waals surface area (Å²) in [6, 6.07) is 4.88. The van der Waals surface area contributed by atoms with E-state index in [1.807, 2.05) is 0 Å². The maximum absolute atomic E-state index is 13.5. The molecule has 14 heavy (non-hydrogen) atoms. The Balaban J connectivity index is 2.24. The molecule has 0 bridgehead atoms. The normalized spacial score (nSPS) is 18.4. The van der Waals surface area contributed by atoms with Crippen molar-refractivity contribution < 1.29 is 4.39 Å². The lowest BCUT2D eigenvalue weighted by molar-refractivity contribution is 0.430. The number of hydrogen-bond donors (Lipinski definition) is 0. The third kappa shape index (κ3) is 2.09. The average molecular weight is 213 g/mol. The molecule has 0 aromatic heterocycles. The molecule has 0 unspecified atom stereocenters. The fourth-order valence-corrected chi connectivity index (χ4v) is 2.42. The molecule has 0 N–H and O–H groups in total. The highest BCUT2D eigenvalue weighted by Crippen LogP contribution is 2.34. The molecule has 2 rings (SSSR count). The number of rotatable bonds is 1. The van der Waals surface area contributed by atoms with Crippen LogP contribution in [-0.4, -0.2) is 0 Å². The first-order valence-electron chi connectivity index (χ1n) is 5.22. The van der Waals surface area contributed by atoms with E-state index >= 15 is 0 Å². The second-order valence-corrected chi connectivity index (χ2v) is 4.44. The van der Waals surface area contributed by atoms with Crippen molar-refractivity contribution in [1.29, 1.82) is 0 Å². The molecule has 0 amide bonds. The highest BCUT2D eigenvalue weighted by molar-refractivity contribution is 6.30. The maximum Gasteiger partial charge on any atom is 0.126 e. The highest BCUT2D eigenvalue weighted by Gasteiger charge is 2.18. The molecule has 2 heteroatoms. The molecule has 76 valence electrons. The zero-order valence-electron chi connectivity index (χ0n) is 8.10. The Morgan fingerprint density at radius 2 is 1.86 bits per heavy atom. The fourth-order valence-electron chi connectivity index (χ4n) is 2.24. The molecule has 0 spiro atoms. The van der Waals surface area contributed by atoms with Crippen molar-refractivity contribution in [2.45, 2.75) is 38.0 Å². The molecule has 1 aliphatic carbocycles. The summed E-state index contributed by atoms with van der Waals surface area (Å²) in [5, 5.41) is 0.645. The summed E-state index contributed by atoms with van der Waals surface area (Å²) in [6.07, 6.45) is 5.94. The maximum atomic E-state index is 13.5. The van der Waals surface area contributed by atoms with Crippen LogP contribution in [0, 0.1) is 5.82 Å². The first-order chi connectivity index (χ1) is 6.77. The van der Waals surface area contributed by atoms with Crippen molar-refractivity contribution in [3.05, 3.63) is 34.6 Å². The van der Waals surface area contributed by atoms with Crippen LogP contribution in [0.4, 0.5) is 4.39 Å². The molecule has 0 nitrogen and oxygen atoms in total. The van der Waals surface area contributed by atoms with Gasteiger partial charge in [0.25, 0.3) is 0 Å². The first kappa shape index (κ1) is 9.97. The minimum Gasteiger partial charge on any atom is -0.207 e. The Morgan fingerprint density at radius 3 is 2.57 bits per heavy atom. The van der Waals surface area contributed by atoms with Crippen molar-refractivity contribution in [2.24, 2.45) is 0 Å². The topological polar surface area (TPSA) is 0 Å². The van der Waals surface area contributed by atoms with Crippen LogP contribution in [-0.2, 0) is 0 Å². The van der Waals surface area contributed by atoms with E-state index in [-0.39, 0.29) is 5.82 Å². The van der Waals surface area contributed by atoms with Gasteiger partial charge in [-0.05, 0) is 42.5 Å². The Labute approximate surface area is 89.1 Å². The van der Waals surface area contributed by atoms with Crippen LogP contribution in [0.15, 0.2) is 18.2 Å². The quantitative estimate of drug-likeness (QED) is 0.642. The lowest BCUT2D eigenvalue weighted by Crippen LogP contribution is -2.06. The smallest absolute Gasteiger partial charge is 0.126 e. The third-order valence-corrected chi connectivity index (χ3v) is 3.24. The Kier molecular flexibility index (Phi) is 3.07. The number of hydrogen-bond acceptors (Lipinski definition) is 0. The van der Waals surface area contributed by atoms with Gasteiger partial charge in [-0.2, -0.15) is 0 Å². The molecule has 0 saturated heterocycles. The predicted molar refractivity (Wildman–Crippen MR) is 57.2 cm³/mol. The van der Waals surface area contributed by atoms with Crippen LogP contribution in [0.25, 0.3) is 0 Å². The lowest BCUT2D eigenvalue weighted by Gasteiger charge is -2.22. The summed E-state index contributed by atoms with van der Waals surface area (Å²) in [4.78, 5) is 0. The summed E-state index contributed by atoms with van der Waals surface area (Å²) in [6.45, 7) is 0. The molecule has 0 atom stereocenters. The zero-order valence-corrected chi connectivity index (χ0v) is 8.86. The highest BCUT2D eigenvalue weighted by atomic mass is 35.5. The second-order valence-electron chi connectivity index (χ2n) is 4.00. The van der Waals surface area contributed by atoms with Gasteiger partial charge in [0.05, 0.1) is 0 Å². The molecule has 0 radical (unpaired) electrons. The minimum atomic E-state index is -0.0960. The first-order valence-corrected chi connectivity index (χ1v) is 5.60. The van der Waals surface area contributed by atoms with Crippen LogP contribution in [0.2, 0.25) is 5.02 Å². The van der Waals surface area contributed by atoms with Crippen molar-refractivity contribution in [3.8, 4) is 0 Å². The van der Waals surface area contributed by atoms with E-state index in [0.717, 1.165) is 18.4 Å². The molecular formula is C12H14ClF. The van der Waals surface area contributed by atoms with Crippen LogP contribution < -0.4 is 0 Å². The van der Waals surface area contributed by atoms with Gasteiger partial charge in [0.15, 0.2) is 0 Å². The van der Waals surface area contributed by atoms with Crippen LogP contribution in [0.3, 0.4) is 0 Å². The summed E-state index contributed by atoms with van der Waals surface area (Å²) in [7, 11) is 0. The SMILES string of the molecule is Fc1ccc(Cl)cc1C1CCCCC1. The predicted octanol–water partition coefficient (Wildman–Crippen LogP) is 4.53. The second kappa shape index (κ2) is 4.31. The minimum absolute atomic E-state index is 0.0960. The van der Waals surface area contributed by atoms with E-state index in [9.17, 15) is 4.39 Å². The van der Waals surface area contributed by atoms with Gasteiger partial charge in [-0.3, -0.25) is 0 Å². The summed E-state index contributed by atoms with van der Waals surface area (Å²) < 4.78 is 13.5. The van der Waals surface area contributed by atoms with Crippen LogP contribution >= 0.6 is 11.6 Å². The third-order valence-electron chi connectivity index (χ3n) is 3.00. The largest absolute Gasteiger partial charge is 0.207 e. The Bertz CT molecular complexity index is 316. The standard InChI is InChI=1S/C12H14ClF/c13-10-6-7-12(14)11(8-10)9-4-2-1-3-5-9/h6-9H,1-5H2. The van der Waals surface area contributed by atoms with Gasteiger partial charge in [-0.1, -0.05) is 30.9 Å². The summed E-state index contributed by atoms with van der Waals surface area (Å²) >= 11 is 5.87. The molecule has 0 heterocycles. The van der Waals surface area contributed by atoms with Gasteiger partial charge >= 0.3 is 0 Å². The molecule has 1 fully saturated rings. The molecule has 1 saturated carbocycles. The molecule has 1 aliphatic rings. The summed E-state index contributed by atoms with van der Waals surface area (Å²) in [5.41, 5.74) is 0.817. The van der Waals surface area contributed by atoms with Gasteiger partial charge in [0, 0.05) is 5.02 Å². The van der Waals surface area contributed by atoms with E-state index in [2.05, 4.69) is 0 Å². The summed E-state index contributed by atoms with van der Waals surface area (Å²) in [5.74, 6) is 0.295. The van der Waals surface area contributed by atoms with Crippen molar-refractivity contribution in [2.75, 3.05) is 0 Å². The number of halogens is 2. The van der Waals surface area contributed by atoms with E-state index in [1.165, 1.54) is 25.3 Å². The van der Waals surface area contributed by atoms with E-state index in [4.69, 9.17) is 11.6 Å².